The molecule has 0 aliphatic carbocycles. The number of nitrogens with zero attached hydrogens (tertiary/aromatic N) is 1. The molecule has 0 bridgehead atoms. The molecule has 110 valence electrons. The van der Waals surface area contributed by atoms with E-state index in [4.69, 9.17) is 4.74 Å². The standard InChI is InChI=1S/C16H18N2O2S/c1-20-14-7-6-12(18-8-2-3-9-18)11-13(14)17-16(19)15-5-4-10-21-15/h4-7,10-11H,2-3,8-9H2,1H3,(H,17,19). The molecule has 1 aromatic carbocycles. The third-order valence-electron chi connectivity index (χ3n) is 3.65. The van der Waals surface area contributed by atoms with Gasteiger partial charge in [0.25, 0.3) is 5.91 Å². The van der Waals surface area contributed by atoms with Crippen molar-refractivity contribution in [2.24, 2.45) is 0 Å². The summed E-state index contributed by atoms with van der Waals surface area (Å²) in [7, 11) is 1.62. The van der Waals surface area contributed by atoms with Crippen molar-refractivity contribution in [3.63, 3.8) is 0 Å². The number of amides is 1. The lowest BCUT2D eigenvalue weighted by molar-refractivity contribution is 0.103. The molecule has 2 aromatic rings. The van der Waals surface area contributed by atoms with Gasteiger partial charge in [0, 0.05) is 18.8 Å². The Kier molecular flexibility index (Phi) is 4.10. The second kappa shape index (κ2) is 6.18. The Bertz CT molecular complexity index is 619. The Morgan fingerprint density at radius 2 is 2.10 bits per heavy atom. The van der Waals surface area contributed by atoms with Crippen molar-refractivity contribution in [3.05, 3.63) is 40.6 Å². The second-order valence-electron chi connectivity index (χ2n) is 5.01. The van der Waals surface area contributed by atoms with Crippen molar-refractivity contribution in [1.29, 1.82) is 0 Å². The first kappa shape index (κ1) is 13.9. The van der Waals surface area contributed by atoms with E-state index in [1.165, 1.54) is 24.2 Å². The fraction of sp³-hybridized carbons (Fsp3) is 0.312. The van der Waals surface area contributed by atoms with Crippen molar-refractivity contribution in [2.75, 3.05) is 30.4 Å². The first-order valence-electron chi connectivity index (χ1n) is 7.06. The van der Waals surface area contributed by atoms with Crippen LogP contribution in [-0.2, 0) is 0 Å². The molecule has 1 saturated heterocycles. The zero-order chi connectivity index (χ0) is 14.7. The highest BCUT2D eigenvalue weighted by Crippen LogP contribution is 2.31. The fourth-order valence-corrected chi connectivity index (χ4v) is 3.18. The molecule has 1 amide bonds. The molecule has 0 atom stereocenters. The summed E-state index contributed by atoms with van der Waals surface area (Å²) in [5.74, 6) is 0.588. The van der Waals surface area contributed by atoms with Crippen LogP contribution < -0.4 is 15.0 Å². The molecule has 2 heterocycles. The van der Waals surface area contributed by atoms with Crippen LogP contribution in [-0.4, -0.2) is 26.1 Å². The lowest BCUT2D eigenvalue weighted by atomic mass is 10.2. The molecular weight excluding hydrogens is 284 g/mol. The van der Waals surface area contributed by atoms with Gasteiger partial charge in [0.1, 0.15) is 5.75 Å². The zero-order valence-corrected chi connectivity index (χ0v) is 12.8. The molecule has 21 heavy (non-hydrogen) atoms. The van der Waals surface area contributed by atoms with E-state index >= 15 is 0 Å². The van der Waals surface area contributed by atoms with Gasteiger partial charge in [0.15, 0.2) is 0 Å². The van der Waals surface area contributed by atoms with Gasteiger partial charge in [-0.2, -0.15) is 0 Å². The number of ether oxygens (including phenoxy) is 1. The highest BCUT2D eigenvalue weighted by atomic mass is 32.1. The van der Waals surface area contributed by atoms with E-state index in [9.17, 15) is 4.79 Å². The summed E-state index contributed by atoms with van der Waals surface area (Å²) in [6, 6.07) is 9.65. The third kappa shape index (κ3) is 3.03. The average molecular weight is 302 g/mol. The fourth-order valence-electron chi connectivity index (χ4n) is 2.56. The van der Waals surface area contributed by atoms with Gasteiger partial charge < -0.3 is 15.0 Å². The monoisotopic (exact) mass is 302 g/mol. The highest BCUT2D eigenvalue weighted by Gasteiger charge is 2.16. The largest absolute Gasteiger partial charge is 0.495 e. The SMILES string of the molecule is COc1ccc(N2CCCC2)cc1NC(=O)c1cccs1. The number of methoxy groups -OCH3 is 1. The molecule has 1 aliphatic rings. The summed E-state index contributed by atoms with van der Waals surface area (Å²) in [6.45, 7) is 2.15. The average Bonchev–Trinajstić information content (AvgIpc) is 3.20. The lowest BCUT2D eigenvalue weighted by Gasteiger charge is -2.20. The minimum atomic E-state index is -0.0955. The van der Waals surface area contributed by atoms with Crippen LogP contribution in [0.1, 0.15) is 22.5 Å². The summed E-state index contributed by atoms with van der Waals surface area (Å²) < 4.78 is 5.35. The number of anilines is 2. The van der Waals surface area contributed by atoms with E-state index in [0.717, 1.165) is 24.5 Å². The topological polar surface area (TPSA) is 41.6 Å². The zero-order valence-electron chi connectivity index (χ0n) is 12.0. The molecule has 1 fully saturated rings. The van der Waals surface area contributed by atoms with Gasteiger partial charge >= 0.3 is 0 Å². The molecule has 0 spiro atoms. The maximum Gasteiger partial charge on any atom is 0.265 e. The first-order valence-corrected chi connectivity index (χ1v) is 7.94. The van der Waals surface area contributed by atoms with E-state index in [-0.39, 0.29) is 5.91 Å². The van der Waals surface area contributed by atoms with Crippen LogP contribution in [0.15, 0.2) is 35.7 Å². The van der Waals surface area contributed by atoms with Crippen LogP contribution in [0, 0.1) is 0 Å². The number of carbonyl (C=O) groups is 1. The number of thiophene rings is 1. The quantitative estimate of drug-likeness (QED) is 0.938. The minimum absolute atomic E-state index is 0.0955. The van der Waals surface area contributed by atoms with E-state index in [1.807, 2.05) is 35.7 Å². The molecule has 3 rings (SSSR count). The molecule has 1 N–H and O–H groups in total. The minimum Gasteiger partial charge on any atom is -0.495 e. The van der Waals surface area contributed by atoms with Gasteiger partial charge in [-0.15, -0.1) is 11.3 Å². The Morgan fingerprint density at radius 1 is 1.29 bits per heavy atom. The summed E-state index contributed by atoms with van der Waals surface area (Å²) in [5.41, 5.74) is 1.86. The van der Waals surface area contributed by atoms with Gasteiger partial charge in [-0.3, -0.25) is 4.79 Å². The normalized spacial score (nSPS) is 14.2. The maximum absolute atomic E-state index is 12.2. The predicted octanol–water partition coefficient (Wildman–Crippen LogP) is 3.61. The van der Waals surface area contributed by atoms with Crippen molar-refractivity contribution < 1.29 is 9.53 Å². The first-order chi connectivity index (χ1) is 10.3. The lowest BCUT2D eigenvalue weighted by Crippen LogP contribution is -2.18. The number of nitrogens with one attached hydrogen (secondary N) is 1. The summed E-state index contributed by atoms with van der Waals surface area (Å²) in [5, 5.41) is 4.84. The molecule has 1 aromatic heterocycles. The van der Waals surface area contributed by atoms with Crippen molar-refractivity contribution in [1.82, 2.24) is 0 Å². The van der Waals surface area contributed by atoms with Gasteiger partial charge in [-0.25, -0.2) is 0 Å². The third-order valence-corrected chi connectivity index (χ3v) is 4.52. The van der Waals surface area contributed by atoms with Crippen LogP contribution in [0.3, 0.4) is 0 Å². The second-order valence-corrected chi connectivity index (χ2v) is 5.96. The Balaban J connectivity index is 1.84. The van der Waals surface area contributed by atoms with Gasteiger partial charge in [-0.1, -0.05) is 6.07 Å². The Morgan fingerprint density at radius 3 is 2.76 bits per heavy atom. The molecule has 0 saturated carbocycles. The van der Waals surface area contributed by atoms with Crippen molar-refractivity contribution in [3.8, 4) is 5.75 Å². The van der Waals surface area contributed by atoms with Crippen molar-refractivity contribution >= 4 is 28.6 Å². The Labute approximate surface area is 128 Å². The number of rotatable bonds is 4. The molecule has 4 nitrogen and oxygen atoms in total. The van der Waals surface area contributed by atoms with Crippen LogP contribution in [0.2, 0.25) is 0 Å². The van der Waals surface area contributed by atoms with Crippen LogP contribution >= 0.6 is 11.3 Å². The van der Waals surface area contributed by atoms with Gasteiger partial charge in [0.2, 0.25) is 0 Å². The number of hydrogen-bond acceptors (Lipinski definition) is 4. The number of benzene rings is 1. The summed E-state index contributed by atoms with van der Waals surface area (Å²) in [6.07, 6.45) is 2.45. The smallest absolute Gasteiger partial charge is 0.265 e. The van der Waals surface area contributed by atoms with Crippen LogP contribution in [0.5, 0.6) is 5.75 Å². The molecule has 0 unspecified atom stereocenters. The number of hydrogen-bond donors (Lipinski definition) is 1. The molecule has 0 radical (unpaired) electrons. The van der Waals surface area contributed by atoms with E-state index in [0.29, 0.717) is 10.6 Å². The highest BCUT2D eigenvalue weighted by molar-refractivity contribution is 7.12. The predicted molar refractivity (Wildman–Crippen MR) is 86.7 cm³/mol. The van der Waals surface area contributed by atoms with Crippen LogP contribution in [0.4, 0.5) is 11.4 Å². The van der Waals surface area contributed by atoms with E-state index in [1.54, 1.807) is 7.11 Å². The van der Waals surface area contributed by atoms with Crippen molar-refractivity contribution in [2.45, 2.75) is 12.8 Å². The maximum atomic E-state index is 12.2. The van der Waals surface area contributed by atoms with Gasteiger partial charge in [0.05, 0.1) is 17.7 Å². The Hall–Kier alpha value is -2.01. The van der Waals surface area contributed by atoms with Gasteiger partial charge in [-0.05, 0) is 42.5 Å². The molecular formula is C16H18N2O2S. The summed E-state index contributed by atoms with van der Waals surface area (Å²) in [4.78, 5) is 15.2. The molecule has 1 aliphatic heterocycles. The van der Waals surface area contributed by atoms with E-state index in [2.05, 4.69) is 10.2 Å². The molecule has 5 heteroatoms. The van der Waals surface area contributed by atoms with Crippen LogP contribution in [0.25, 0.3) is 0 Å². The number of carbonyl (C=O) groups excluding carboxylic acids is 1. The summed E-state index contributed by atoms with van der Waals surface area (Å²) >= 11 is 1.43. The van der Waals surface area contributed by atoms with E-state index < -0.39 is 0 Å².